The van der Waals surface area contributed by atoms with Gasteiger partial charge in [0.2, 0.25) is 0 Å². The van der Waals surface area contributed by atoms with Crippen molar-refractivity contribution >= 4 is 10.9 Å². The van der Waals surface area contributed by atoms with Gasteiger partial charge in [0.25, 0.3) is 0 Å². The molecule has 0 aliphatic rings. The fourth-order valence-corrected chi connectivity index (χ4v) is 2.46. The largest absolute Gasteiger partial charge is 0.354 e. The van der Waals surface area contributed by atoms with Crippen LogP contribution in [0.4, 0.5) is 0 Å². The lowest BCUT2D eigenvalue weighted by Gasteiger charge is -2.10. The molecule has 1 N–H and O–H groups in total. The first-order valence-corrected chi connectivity index (χ1v) is 6.50. The van der Waals surface area contributed by atoms with Gasteiger partial charge in [-0.15, -0.1) is 0 Å². The van der Waals surface area contributed by atoms with Crippen LogP contribution in [0.15, 0.2) is 59.4 Å². The first kappa shape index (κ1) is 11.7. The van der Waals surface area contributed by atoms with E-state index in [2.05, 4.69) is 4.98 Å². The van der Waals surface area contributed by atoms with Crippen LogP contribution >= 0.6 is 0 Å². The van der Waals surface area contributed by atoms with Gasteiger partial charge in [0.1, 0.15) is 0 Å². The number of aromatic nitrogens is 1. The summed E-state index contributed by atoms with van der Waals surface area (Å²) in [6.07, 6.45) is 0.727. The zero-order valence-corrected chi connectivity index (χ0v) is 10.8. The number of hydrogen-bond donors (Lipinski definition) is 1. The van der Waals surface area contributed by atoms with Crippen LogP contribution < -0.4 is 5.43 Å². The molecule has 0 saturated carbocycles. The van der Waals surface area contributed by atoms with Gasteiger partial charge in [0, 0.05) is 16.5 Å². The molecule has 0 atom stereocenters. The predicted octanol–water partition coefficient (Wildman–Crippen LogP) is 3.76. The van der Waals surface area contributed by atoms with Gasteiger partial charge in [-0.1, -0.05) is 49.4 Å². The molecule has 19 heavy (non-hydrogen) atoms. The summed E-state index contributed by atoms with van der Waals surface area (Å²) in [5, 5.41) is 0.763. The molecule has 3 aromatic rings. The second-order valence-corrected chi connectivity index (χ2v) is 4.57. The molecular weight excluding hydrogens is 234 g/mol. The van der Waals surface area contributed by atoms with Gasteiger partial charge < -0.3 is 4.98 Å². The highest BCUT2D eigenvalue weighted by atomic mass is 16.1. The second kappa shape index (κ2) is 4.73. The van der Waals surface area contributed by atoms with Crippen molar-refractivity contribution in [1.29, 1.82) is 0 Å². The predicted molar refractivity (Wildman–Crippen MR) is 79.4 cm³/mol. The van der Waals surface area contributed by atoms with Gasteiger partial charge in [-0.3, -0.25) is 4.79 Å². The monoisotopic (exact) mass is 249 g/mol. The lowest BCUT2D eigenvalue weighted by molar-refractivity contribution is 1.10. The summed E-state index contributed by atoms with van der Waals surface area (Å²) >= 11 is 0. The van der Waals surface area contributed by atoms with Crippen molar-refractivity contribution < 1.29 is 0 Å². The Hall–Kier alpha value is -2.35. The molecule has 3 rings (SSSR count). The van der Waals surface area contributed by atoms with Crippen LogP contribution in [0.25, 0.3) is 22.2 Å². The molecule has 0 unspecified atom stereocenters. The summed E-state index contributed by atoms with van der Waals surface area (Å²) in [6, 6.07) is 17.7. The van der Waals surface area contributed by atoms with E-state index in [4.69, 9.17) is 0 Å². The molecule has 0 amide bonds. The van der Waals surface area contributed by atoms with Gasteiger partial charge in [-0.25, -0.2) is 0 Å². The first-order chi connectivity index (χ1) is 9.31. The molecule has 2 aromatic carbocycles. The van der Waals surface area contributed by atoms with Gasteiger partial charge in [-0.2, -0.15) is 0 Å². The van der Waals surface area contributed by atoms with Crippen molar-refractivity contribution in [2.45, 2.75) is 13.3 Å². The maximum Gasteiger partial charge on any atom is 0.193 e. The number of aromatic amines is 1. The number of para-hydroxylation sites is 1. The fraction of sp³-hybridized carbons (Fsp3) is 0.118. The summed E-state index contributed by atoms with van der Waals surface area (Å²) in [6.45, 7) is 2.02. The molecule has 0 spiro atoms. The average Bonchev–Trinajstić information content (AvgIpc) is 2.48. The van der Waals surface area contributed by atoms with E-state index < -0.39 is 0 Å². The summed E-state index contributed by atoms with van der Waals surface area (Å²) < 4.78 is 0. The number of fused-ring (bicyclic) bond motifs is 1. The molecule has 2 nitrogen and oxygen atoms in total. The van der Waals surface area contributed by atoms with E-state index in [-0.39, 0.29) is 5.43 Å². The number of H-pyrrole nitrogens is 1. The molecule has 94 valence electrons. The van der Waals surface area contributed by atoms with Gasteiger partial charge in [0.15, 0.2) is 5.43 Å². The van der Waals surface area contributed by atoms with Crippen LogP contribution in [0, 0.1) is 0 Å². The third-order valence-corrected chi connectivity index (χ3v) is 3.42. The third-order valence-electron chi connectivity index (χ3n) is 3.42. The van der Waals surface area contributed by atoms with Crippen LogP contribution in [-0.2, 0) is 6.42 Å². The maximum absolute atomic E-state index is 12.5. The Kier molecular flexibility index (Phi) is 2.92. The molecular formula is C17H15NO. The van der Waals surface area contributed by atoms with Crippen LogP contribution in [0.3, 0.4) is 0 Å². The van der Waals surface area contributed by atoms with Crippen molar-refractivity contribution in [3.05, 3.63) is 70.4 Å². The van der Waals surface area contributed by atoms with Crippen LogP contribution in [0.5, 0.6) is 0 Å². The Bertz CT molecular complexity index is 772. The van der Waals surface area contributed by atoms with E-state index in [9.17, 15) is 4.79 Å². The molecule has 0 saturated heterocycles. The zero-order valence-electron chi connectivity index (χ0n) is 10.8. The minimum Gasteiger partial charge on any atom is -0.354 e. The standard InChI is InChI=1S/C17H15NO/c1-2-13-16(12-8-4-3-5-9-12)18-15-11-7-6-10-14(15)17(13)19/h3-11H,2H2,1H3,(H,18,19). The number of nitrogens with one attached hydrogen (secondary N) is 1. The van der Waals surface area contributed by atoms with Crippen molar-refractivity contribution in [3.63, 3.8) is 0 Å². The van der Waals surface area contributed by atoms with Crippen LogP contribution in [-0.4, -0.2) is 4.98 Å². The van der Waals surface area contributed by atoms with E-state index in [0.29, 0.717) is 0 Å². The molecule has 1 aromatic heterocycles. The fourth-order valence-electron chi connectivity index (χ4n) is 2.46. The summed E-state index contributed by atoms with van der Waals surface area (Å²) in [5.74, 6) is 0. The highest BCUT2D eigenvalue weighted by Crippen LogP contribution is 2.22. The topological polar surface area (TPSA) is 32.9 Å². The maximum atomic E-state index is 12.5. The smallest absolute Gasteiger partial charge is 0.193 e. The average molecular weight is 249 g/mol. The normalized spacial score (nSPS) is 10.8. The Morgan fingerprint density at radius 3 is 2.37 bits per heavy atom. The number of hydrogen-bond acceptors (Lipinski definition) is 1. The molecule has 0 bridgehead atoms. The Morgan fingerprint density at radius 1 is 0.947 bits per heavy atom. The van der Waals surface area contributed by atoms with E-state index in [1.807, 2.05) is 61.5 Å². The molecule has 0 aliphatic heterocycles. The van der Waals surface area contributed by atoms with Crippen molar-refractivity contribution in [2.75, 3.05) is 0 Å². The molecule has 2 heteroatoms. The second-order valence-electron chi connectivity index (χ2n) is 4.57. The number of pyridine rings is 1. The van der Waals surface area contributed by atoms with E-state index in [0.717, 1.165) is 34.1 Å². The van der Waals surface area contributed by atoms with Crippen LogP contribution in [0.1, 0.15) is 12.5 Å². The van der Waals surface area contributed by atoms with Gasteiger partial charge >= 0.3 is 0 Å². The van der Waals surface area contributed by atoms with E-state index in [1.165, 1.54) is 0 Å². The highest BCUT2D eigenvalue weighted by molar-refractivity contribution is 5.83. The first-order valence-electron chi connectivity index (χ1n) is 6.50. The minimum atomic E-state index is 0.135. The lowest BCUT2D eigenvalue weighted by atomic mass is 10.0. The van der Waals surface area contributed by atoms with Crippen molar-refractivity contribution in [1.82, 2.24) is 4.98 Å². The number of rotatable bonds is 2. The summed E-state index contributed by atoms with van der Waals surface area (Å²) in [4.78, 5) is 15.9. The van der Waals surface area contributed by atoms with Gasteiger partial charge in [0.05, 0.1) is 5.69 Å². The van der Waals surface area contributed by atoms with Crippen molar-refractivity contribution in [2.24, 2.45) is 0 Å². The molecule has 0 radical (unpaired) electrons. The van der Waals surface area contributed by atoms with Crippen LogP contribution in [0.2, 0.25) is 0 Å². The Labute approximate surface area is 111 Å². The zero-order chi connectivity index (χ0) is 13.2. The summed E-state index contributed by atoms with van der Waals surface area (Å²) in [7, 11) is 0. The Morgan fingerprint density at radius 2 is 1.63 bits per heavy atom. The summed E-state index contributed by atoms with van der Waals surface area (Å²) in [5.41, 5.74) is 3.87. The highest BCUT2D eigenvalue weighted by Gasteiger charge is 2.11. The SMILES string of the molecule is CCc1c(-c2ccccc2)[nH]c2ccccc2c1=O. The number of benzene rings is 2. The molecule has 0 aliphatic carbocycles. The van der Waals surface area contributed by atoms with Gasteiger partial charge in [-0.05, 0) is 24.1 Å². The minimum absolute atomic E-state index is 0.135. The quantitative estimate of drug-likeness (QED) is 0.737. The molecule has 0 fully saturated rings. The lowest BCUT2D eigenvalue weighted by Crippen LogP contribution is -2.12. The Balaban J connectivity index is 2.39. The van der Waals surface area contributed by atoms with Crippen molar-refractivity contribution in [3.8, 4) is 11.3 Å². The van der Waals surface area contributed by atoms with E-state index >= 15 is 0 Å². The third kappa shape index (κ3) is 1.95. The van der Waals surface area contributed by atoms with E-state index in [1.54, 1.807) is 0 Å². The molecule has 1 heterocycles.